The average Bonchev–Trinajstić information content (AvgIpc) is 2.36. The summed E-state index contributed by atoms with van der Waals surface area (Å²) in [5, 5.41) is 8.74. The van der Waals surface area contributed by atoms with Crippen LogP contribution in [-0.2, 0) is 32.7 Å². The number of halogens is 2. The number of carbonyl (C=O) groups is 1. The van der Waals surface area contributed by atoms with Gasteiger partial charge in [0.1, 0.15) is 16.7 Å². The molecule has 1 radical (unpaired) electrons. The number of aryl methyl sites for hydroxylation is 2. The first-order valence-electron chi connectivity index (χ1n) is 5.57. The number of carboxylic acid groups (broad SMARTS) is 1. The van der Waals surface area contributed by atoms with Gasteiger partial charge in [0.15, 0.2) is 5.69 Å². The fourth-order valence-corrected chi connectivity index (χ4v) is 1.92. The van der Waals surface area contributed by atoms with E-state index in [2.05, 4.69) is 16.0 Å². The molecule has 0 saturated carbocycles. The third-order valence-corrected chi connectivity index (χ3v) is 3.00. The van der Waals surface area contributed by atoms with Crippen molar-refractivity contribution >= 4 is 23.4 Å². The minimum atomic E-state index is -1.36. The SMILES string of the molecule is Cc1[c-]c(C)c(F)c(-c2nc(N)c(Cl)c(C(=O)O)n2)c1.[Y]. The fourth-order valence-electron chi connectivity index (χ4n) is 1.76. The summed E-state index contributed by atoms with van der Waals surface area (Å²) in [7, 11) is 0. The second-order valence-corrected chi connectivity index (χ2v) is 4.58. The normalized spacial score (nSPS) is 10.1. The van der Waals surface area contributed by atoms with E-state index in [9.17, 15) is 9.18 Å². The van der Waals surface area contributed by atoms with Gasteiger partial charge in [-0.2, -0.15) is 17.7 Å². The third-order valence-electron chi connectivity index (χ3n) is 2.63. The van der Waals surface area contributed by atoms with Crippen molar-refractivity contribution in [2.45, 2.75) is 13.8 Å². The average molecular weight is 384 g/mol. The van der Waals surface area contributed by atoms with Gasteiger partial charge >= 0.3 is 5.97 Å². The molecule has 0 unspecified atom stereocenters. The molecule has 1 aromatic heterocycles. The standard InChI is InChI=1S/C13H10ClFN3O2.Y/c1-5-3-6(2)9(15)7(4-5)12-17-10(13(19)20)8(14)11(16)18-12;/h4H,1-2H3,(H,19,20)(H2,16,17,18);/q-1;. The Morgan fingerprint density at radius 1 is 1.43 bits per heavy atom. The third kappa shape index (κ3) is 3.56. The molecule has 0 aliphatic heterocycles. The summed E-state index contributed by atoms with van der Waals surface area (Å²) in [5.41, 5.74) is 6.10. The maximum absolute atomic E-state index is 14.1. The van der Waals surface area contributed by atoms with Crippen molar-refractivity contribution in [3.05, 3.63) is 39.8 Å². The number of benzene rings is 1. The van der Waals surface area contributed by atoms with Gasteiger partial charge in [-0.3, -0.25) is 4.39 Å². The molecule has 107 valence electrons. The minimum Gasteiger partial charge on any atom is -0.476 e. The van der Waals surface area contributed by atoms with Crippen LogP contribution in [0.1, 0.15) is 21.6 Å². The quantitative estimate of drug-likeness (QED) is 0.778. The first kappa shape index (κ1) is 17.9. The van der Waals surface area contributed by atoms with Crippen LogP contribution in [0.2, 0.25) is 5.02 Å². The molecule has 8 heteroatoms. The number of hydrogen-bond donors (Lipinski definition) is 2. The van der Waals surface area contributed by atoms with E-state index < -0.39 is 17.5 Å². The van der Waals surface area contributed by atoms with Gasteiger partial charge in [0.05, 0.1) is 0 Å². The molecule has 0 spiro atoms. The van der Waals surface area contributed by atoms with E-state index in [1.165, 1.54) is 6.07 Å². The Labute approximate surface area is 150 Å². The molecule has 2 aromatic rings. The summed E-state index contributed by atoms with van der Waals surface area (Å²) in [6, 6.07) is 4.28. The number of nitrogens with two attached hydrogens (primary N) is 1. The molecule has 0 aliphatic carbocycles. The second kappa shape index (κ2) is 6.77. The van der Waals surface area contributed by atoms with E-state index >= 15 is 0 Å². The number of nitrogen functional groups attached to an aromatic ring is 1. The smallest absolute Gasteiger partial charge is 0.356 e. The first-order valence-corrected chi connectivity index (χ1v) is 5.94. The summed E-state index contributed by atoms with van der Waals surface area (Å²) >= 11 is 5.72. The van der Waals surface area contributed by atoms with Crippen molar-refractivity contribution in [2.24, 2.45) is 0 Å². The number of aromatic carboxylic acids is 1. The van der Waals surface area contributed by atoms with Gasteiger partial charge < -0.3 is 10.8 Å². The van der Waals surface area contributed by atoms with Gasteiger partial charge in [0.25, 0.3) is 0 Å². The fraction of sp³-hybridized carbons (Fsp3) is 0.154. The summed E-state index contributed by atoms with van der Waals surface area (Å²) in [5.74, 6) is -2.27. The van der Waals surface area contributed by atoms with Gasteiger partial charge in [0, 0.05) is 38.5 Å². The monoisotopic (exact) mass is 383 g/mol. The zero-order chi connectivity index (χ0) is 15.0. The van der Waals surface area contributed by atoms with Crippen molar-refractivity contribution in [1.29, 1.82) is 0 Å². The maximum atomic E-state index is 14.1. The zero-order valence-corrected chi connectivity index (χ0v) is 14.8. The molecule has 5 nitrogen and oxygen atoms in total. The van der Waals surface area contributed by atoms with Crippen LogP contribution in [0.4, 0.5) is 10.2 Å². The Morgan fingerprint density at radius 3 is 2.62 bits per heavy atom. The van der Waals surface area contributed by atoms with Crippen molar-refractivity contribution in [3.8, 4) is 11.4 Å². The van der Waals surface area contributed by atoms with Crippen molar-refractivity contribution in [1.82, 2.24) is 9.97 Å². The Hall–Kier alpha value is -1.11. The van der Waals surface area contributed by atoms with Crippen LogP contribution in [0.5, 0.6) is 0 Å². The predicted molar refractivity (Wildman–Crippen MR) is 72.1 cm³/mol. The van der Waals surface area contributed by atoms with E-state index in [1.807, 2.05) is 0 Å². The van der Waals surface area contributed by atoms with E-state index in [0.717, 1.165) is 0 Å². The summed E-state index contributed by atoms with van der Waals surface area (Å²) in [4.78, 5) is 18.7. The van der Waals surface area contributed by atoms with E-state index in [0.29, 0.717) is 5.56 Å². The summed E-state index contributed by atoms with van der Waals surface area (Å²) in [6.45, 7) is 3.27. The molecule has 3 N–H and O–H groups in total. The molecule has 0 fully saturated rings. The molecule has 21 heavy (non-hydrogen) atoms. The molecule has 0 aliphatic rings. The van der Waals surface area contributed by atoms with Gasteiger partial charge in [-0.25, -0.2) is 14.8 Å². The Kier molecular flexibility index (Phi) is 5.78. The number of hydrogen-bond acceptors (Lipinski definition) is 4. The Bertz CT molecular complexity index is 725. The van der Waals surface area contributed by atoms with Crippen LogP contribution in [0.25, 0.3) is 11.4 Å². The van der Waals surface area contributed by atoms with Gasteiger partial charge in [0.2, 0.25) is 0 Å². The van der Waals surface area contributed by atoms with Gasteiger partial charge in [-0.05, 0) is 0 Å². The van der Waals surface area contributed by atoms with Crippen molar-refractivity contribution < 1.29 is 47.0 Å². The van der Waals surface area contributed by atoms with Crippen LogP contribution in [0.3, 0.4) is 0 Å². The molecular formula is C13H10ClFN3O2Y-. The zero-order valence-electron chi connectivity index (χ0n) is 11.2. The van der Waals surface area contributed by atoms with E-state index in [-0.39, 0.29) is 60.5 Å². The molecule has 1 aromatic carbocycles. The van der Waals surface area contributed by atoms with Crippen molar-refractivity contribution in [3.63, 3.8) is 0 Å². The van der Waals surface area contributed by atoms with Crippen LogP contribution in [0.15, 0.2) is 6.07 Å². The number of anilines is 1. The molecular weight excluding hydrogens is 374 g/mol. The molecule has 1 heterocycles. The van der Waals surface area contributed by atoms with Crippen LogP contribution >= 0.6 is 11.6 Å². The summed E-state index contributed by atoms with van der Waals surface area (Å²) in [6.07, 6.45) is 0. The van der Waals surface area contributed by atoms with Gasteiger partial charge in [-0.1, -0.05) is 31.0 Å². The number of carboxylic acids is 1. The van der Waals surface area contributed by atoms with Gasteiger partial charge in [-0.15, -0.1) is 5.56 Å². The molecule has 0 atom stereocenters. The van der Waals surface area contributed by atoms with Crippen LogP contribution in [-0.4, -0.2) is 21.0 Å². The summed E-state index contributed by atoms with van der Waals surface area (Å²) < 4.78 is 14.1. The van der Waals surface area contributed by atoms with E-state index in [4.69, 9.17) is 22.4 Å². The minimum absolute atomic E-state index is 0. The van der Waals surface area contributed by atoms with Crippen LogP contribution < -0.4 is 5.73 Å². The maximum Gasteiger partial charge on any atom is 0.356 e. The molecule has 0 amide bonds. The molecule has 2 rings (SSSR count). The number of nitrogens with zero attached hydrogens (tertiary/aromatic N) is 2. The van der Waals surface area contributed by atoms with Crippen molar-refractivity contribution in [2.75, 3.05) is 5.73 Å². The predicted octanol–water partition coefficient (Wildman–Crippen LogP) is 2.63. The molecule has 0 saturated heterocycles. The Balaban J connectivity index is 0.00000220. The second-order valence-electron chi connectivity index (χ2n) is 4.21. The number of rotatable bonds is 2. The molecule has 0 bridgehead atoms. The first-order chi connectivity index (χ1) is 9.31. The topological polar surface area (TPSA) is 89.1 Å². The number of aromatic nitrogens is 2. The Morgan fingerprint density at radius 2 is 2.05 bits per heavy atom. The largest absolute Gasteiger partial charge is 0.476 e. The van der Waals surface area contributed by atoms with Crippen LogP contribution in [0, 0.1) is 25.7 Å². The van der Waals surface area contributed by atoms with E-state index in [1.54, 1.807) is 13.8 Å².